The van der Waals surface area contributed by atoms with Gasteiger partial charge in [-0.25, -0.2) is 0 Å². The molecule has 1 aromatic carbocycles. The molecule has 0 spiro atoms. The number of hydrogen-bond acceptors (Lipinski definition) is 4. The second-order valence-electron chi connectivity index (χ2n) is 5.73. The first-order chi connectivity index (χ1) is 11.5. The molecule has 0 aromatic heterocycles. The molecule has 1 atom stereocenters. The third-order valence-electron chi connectivity index (χ3n) is 4.00. The number of hydrogen-bond donors (Lipinski definition) is 0. The maximum Gasteiger partial charge on any atom is 0.310 e. The van der Waals surface area contributed by atoms with E-state index in [1.54, 1.807) is 23.1 Å². The standard InChI is InChI=1S/C17H21BrClNO4/c1-23-17(22)12-4-2-8-20(11-12)16(21)5-3-9-24-15-7-6-13(19)10-14(15)18/h6-7,10,12H,2-5,8-9,11H2,1H3. The Morgan fingerprint density at radius 3 is 2.92 bits per heavy atom. The largest absolute Gasteiger partial charge is 0.492 e. The highest BCUT2D eigenvalue weighted by Crippen LogP contribution is 2.28. The summed E-state index contributed by atoms with van der Waals surface area (Å²) in [4.78, 5) is 25.6. The highest BCUT2D eigenvalue weighted by molar-refractivity contribution is 9.10. The van der Waals surface area contributed by atoms with Gasteiger partial charge in [-0.1, -0.05) is 11.6 Å². The second kappa shape index (κ2) is 9.28. The van der Waals surface area contributed by atoms with Gasteiger partial charge in [-0.05, 0) is 53.4 Å². The smallest absolute Gasteiger partial charge is 0.310 e. The molecule has 1 amide bonds. The lowest BCUT2D eigenvalue weighted by atomic mass is 9.98. The quantitative estimate of drug-likeness (QED) is 0.522. The molecule has 1 aliphatic heterocycles. The van der Waals surface area contributed by atoms with Gasteiger partial charge in [0.15, 0.2) is 0 Å². The van der Waals surface area contributed by atoms with Crippen molar-refractivity contribution in [2.75, 3.05) is 26.8 Å². The van der Waals surface area contributed by atoms with Crippen molar-refractivity contribution < 1.29 is 19.1 Å². The van der Waals surface area contributed by atoms with Crippen LogP contribution in [0.2, 0.25) is 5.02 Å². The van der Waals surface area contributed by atoms with Crippen molar-refractivity contribution in [1.29, 1.82) is 0 Å². The fraction of sp³-hybridized carbons (Fsp3) is 0.529. The van der Waals surface area contributed by atoms with Gasteiger partial charge in [0.05, 0.1) is 24.1 Å². The lowest BCUT2D eigenvalue weighted by Gasteiger charge is -2.31. The van der Waals surface area contributed by atoms with Crippen molar-refractivity contribution in [3.05, 3.63) is 27.7 Å². The summed E-state index contributed by atoms with van der Waals surface area (Å²) >= 11 is 9.27. The van der Waals surface area contributed by atoms with Crippen LogP contribution < -0.4 is 4.74 Å². The SMILES string of the molecule is COC(=O)C1CCCN(C(=O)CCCOc2ccc(Cl)cc2Br)C1. The Morgan fingerprint density at radius 1 is 1.42 bits per heavy atom. The molecule has 0 saturated carbocycles. The number of rotatable bonds is 6. The first kappa shape index (κ1) is 19.1. The number of carbonyl (C=O) groups is 2. The molecule has 5 nitrogen and oxygen atoms in total. The van der Waals surface area contributed by atoms with Gasteiger partial charge in [0, 0.05) is 24.5 Å². The molecule has 0 radical (unpaired) electrons. The molecule has 0 aliphatic carbocycles. The van der Waals surface area contributed by atoms with Crippen molar-refractivity contribution in [3.63, 3.8) is 0 Å². The van der Waals surface area contributed by atoms with Gasteiger partial charge in [-0.3, -0.25) is 9.59 Å². The Bertz CT molecular complexity index is 596. The molecule has 132 valence electrons. The molecule has 0 bridgehead atoms. The van der Waals surface area contributed by atoms with Gasteiger partial charge >= 0.3 is 5.97 Å². The zero-order chi connectivity index (χ0) is 17.5. The van der Waals surface area contributed by atoms with Crippen LogP contribution in [0.1, 0.15) is 25.7 Å². The first-order valence-electron chi connectivity index (χ1n) is 7.94. The minimum Gasteiger partial charge on any atom is -0.492 e. The van der Waals surface area contributed by atoms with Crippen LogP contribution in [-0.4, -0.2) is 43.6 Å². The van der Waals surface area contributed by atoms with Crippen LogP contribution >= 0.6 is 27.5 Å². The summed E-state index contributed by atoms with van der Waals surface area (Å²) in [5.41, 5.74) is 0. The van der Waals surface area contributed by atoms with Crippen LogP contribution in [0.15, 0.2) is 22.7 Å². The lowest BCUT2D eigenvalue weighted by molar-refractivity contribution is -0.149. The minimum absolute atomic E-state index is 0.0578. The molecule has 1 heterocycles. The Labute approximate surface area is 155 Å². The van der Waals surface area contributed by atoms with Gasteiger partial charge in [-0.15, -0.1) is 0 Å². The topological polar surface area (TPSA) is 55.8 Å². The fourth-order valence-electron chi connectivity index (χ4n) is 2.72. The summed E-state index contributed by atoms with van der Waals surface area (Å²) in [5.74, 6) is 0.329. The first-order valence-corrected chi connectivity index (χ1v) is 9.12. The van der Waals surface area contributed by atoms with Gasteiger partial charge in [0.25, 0.3) is 0 Å². The monoisotopic (exact) mass is 417 g/mol. The number of nitrogens with zero attached hydrogens (tertiary/aromatic N) is 1. The Hall–Kier alpha value is -1.27. The van der Waals surface area contributed by atoms with Gasteiger partial charge < -0.3 is 14.4 Å². The highest BCUT2D eigenvalue weighted by atomic mass is 79.9. The summed E-state index contributed by atoms with van der Waals surface area (Å²) < 4.78 is 11.2. The molecular formula is C17H21BrClNO4. The summed E-state index contributed by atoms with van der Waals surface area (Å²) in [6.07, 6.45) is 2.64. The van der Waals surface area contributed by atoms with E-state index in [1.807, 2.05) is 0 Å². The predicted molar refractivity (Wildman–Crippen MR) is 95.2 cm³/mol. The number of halogens is 2. The van der Waals surface area contributed by atoms with Crippen LogP contribution in [-0.2, 0) is 14.3 Å². The van der Waals surface area contributed by atoms with E-state index in [2.05, 4.69) is 15.9 Å². The normalized spacial score (nSPS) is 17.5. The summed E-state index contributed by atoms with van der Waals surface area (Å²) in [5, 5.41) is 0.634. The third kappa shape index (κ3) is 5.38. The number of amides is 1. The molecule has 2 rings (SSSR count). The minimum atomic E-state index is -0.233. The van der Waals surface area contributed by atoms with Crippen molar-refractivity contribution in [3.8, 4) is 5.75 Å². The van der Waals surface area contributed by atoms with Crippen molar-refractivity contribution in [1.82, 2.24) is 4.90 Å². The van der Waals surface area contributed by atoms with E-state index in [4.69, 9.17) is 21.1 Å². The van der Waals surface area contributed by atoms with Crippen molar-refractivity contribution >= 4 is 39.4 Å². The van der Waals surface area contributed by atoms with Crippen LogP contribution in [0.25, 0.3) is 0 Å². The average molecular weight is 419 g/mol. The van der Waals surface area contributed by atoms with E-state index >= 15 is 0 Å². The molecule has 24 heavy (non-hydrogen) atoms. The van der Waals surface area contributed by atoms with Crippen LogP contribution in [0.3, 0.4) is 0 Å². The van der Waals surface area contributed by atoms with E-state index in [0.29, 0.717) is 43.3 Å². The number of carbonyl (C=O) groups excluding carboxylic acids is 2. The predicted octanol–water partition coefficient (Wildman–Crippen LogP) is 3.67. The lowest BCUT2D eigenvalue weighted by Crippen LogP contribution is -2.42. The highest BCUT2D eigenvalue weighted by Gasteiger charge is 2.28. The molecule has 0 N–H and O–H groups in total. The van der Waals surface area contributed by atoms with E-state index in [1.165, 1.54) is 7.11 Å². The fourth-order valence-corrected chi connectivity index (χ4v) is 3.52. The number of piperidine rings is 1. The van der Waals surface area contributed by atoms with Crippen LogP contribution in [0.4, 0.5) is 0 Å². The molecule has 1 fully saturated rings. The number of methoxy groups -OCH3 is 1. The Morgan fingerprint density at radius 2 is 2.21 bits per heavy atom. The zero-order valence-electron chi connectivity index (χ0n) is 13.6. The van der Waals surface area contributed by atoms with Crippen molar-refractivity contribution in [2.24, 2.45) is 5.92 Å². The summed E-state index contributed by atoms with van der Waals surface area (Å²) in [6, 6.07) is 5.32. The van der Waals surface area contributed by atoms with Crippen LogP contribution in [0, 0.1) is 5.92 Å². The summed E-state index contributed by atoms with van der Waals surface area (Å²) in [7, 11) is 1.38. The second-order valence-corrected chi connectivity index (χ2v) is 7.02. The maximum atomic E-state index is 12.3. The number of ether oxygens (including phenoxy) is 2. The Kier molecular flexibility index (Phi) is 7.37. The Balaban J connectivity index is 1.73. The number of likely N-dealkylation sites (tertiary alicyclic amines) is 1. The number of benzene rings is 1. The molecule has 1 unspecified atom stereocenters. The molecule has 1 aromatic rings. The van der Waals surface area contributed by atoms with Crippen molar-refractivity contribution in [2.45, 2.75) is 25.7 Å². The van der Waals surface area contributed by atoms with E-state index in [9.17, 15) is 9.59 Å². The van der Waals surface area contributed by atoms with Gasteiger partial charge in [-0.2, -0.15) is 0 Å². The summed E-state index contributed by atoms with van der Waals surface area (Å²) in [6.45, 7) is 1.60. The maximum absolute atomic E-state index is 12.3. The average Bonchev–Trinajstić information content (AvgIpc) is 2.59. The van der Waals surface area contributed by atoms with E-state index in [0.717, 1.165) is 17.3 Å². The van der Waals surface area contributed by atoms with Gasteiger partial charge in [0.2, 0.25) is 5.91 Å². The zero-order valence-corrected chi connectivity index (χ0v) is 15.9. The van der Waals surface area contributed by atoms with E-state index in [-0.39, 0.29) is 17.8 Å². The molecule has 1 aliphatic rings. The number of esters is 1. The molecule has 7 heteroatoms. The van der Waals surface area contributed by atoms with E-state index < -0.39 is 0 Å². The van der Waals surface area contributed by atoms with Gasteiger partial charge in [0.1, 0.15) is 5.75 Å². The molecular weight excluding hydrogens is 398 g/mol. The molecule has 1 saturated heterocycles. The third-order valence-corrected chi connectivity index (χ3v) is 4.85. The van der Waals surface area contributed by atoms with Crippen LogP contribution in [0.5, 0.6) is 5.75 Å².